The predicted octanol–water partition coefficient (Wildman–Crippen LogP) is 6.62. The summed E-state index contributed by atoms with van der Waals surface area (Å²) in [5, 5.41) is 9.76. The second-order valence-electron chi connectivity index (χ2n) is 12.3. The Kier molecular flexibility index (Phi) is 11.8. The number of nitriles is 1. The lowest BCUT2D eigenvalue weighted by molar-refractivity contribution is -0.118. The van der Waals surface area contributed by atoms with Crippen molar-refractivity contribution >= 4 is 17.7 Å². The third-order valence-electron chi connectivity index (χ3n) is 7.28. The minimum Gasteiger partial charge on any atom is -0.444 e. The first-order chi connectivity index (χ1) is 20.9. The Morgan fingerprint density at radius 1 is 1.05 bits per heavy atom. The SMILES string of the molecule is [C-]#[N+]/C(C#N)=C1\N(CCC(=O)N(CC)c2cccc(CN(CCC)C(=O)OC(C)(C)C)c2)CCN1Cc1cc(C)cc(C)c1. The molecule has 1 heterocycles. The van der Waals surface area contributed by atoms with Crippen molar-refractivity contribution in [3.05, 3.63) is 87.7 Å². The smallest absolute Gasteiger partial charge is 0.410 e. The van der Waals surface area contributed by atoms with Crippen LogP contribution in [-0.2, 0) is 22.6 Å². The Labute approximate surface area is 263 Å². The van der Waals surface area contributed by atoms with Gasteiger partial charge in [-0.15, -0.1) is 0 Å². The maximum Gasteiger partial charge on any atom is 0.410 e. The van der Waals surface area contributed by atoms with Crippen LogP contribution in [0.3, 0.4) is 0 Å². The summed E-state index contributed by atoms with van der Waals surface area (Å²) >= 11 is 0. The van der Waals surface area contributed by atoms with Crippen LogP contribution in [0.4, 0.5) is 10.5 Å². The second-order valence-corrected chi connectivity index (χ2v) is 12.3. The summed E-state index contributed by atoms with van der Waals surface area (Å²) < 4.78 is 5.61. The van der Waals surface area contributed by atoms with E-state index in [1.54, 1.807) is 9.80 Å². The molecule has 9 heteroatoms. The molecule has 1 fully saturated rings. The van der Waals surface area contributed by atoms with E-state index in [-0.39, 0.29) is 24.1 Å². The first kappa shape index (κ1) is 34.0. The Hall–Kier alpha value is -4.50. The Morgan fingerprint density at radius 2 is 1.73 bits per heavy atom. The number of benzene rings is 2. The van der Waals surface area contributed by atoms with Crippen molar-refractivity contribution in [2.45, 2.75) is 80.0 Å². The van der Waals surface area contributed by atoms with Gasteiger partial charge >= 0.3 is 11.8 Å². The molecule has 0 aromatic heterocycles. The number of anilines is 1. The number of hydrogen-bond acceptors (Lipinski definition) is 6. The van der Waals surface area contributed by atoms with E-state index >= 15 is 0 Å². The van der Waals surface area contributed by atoms with Gasteiger partial charge in [0, 0.05) is 57.9 Å². The highest BCUT2D eigenvalue weighted by Crippen LogP contribution is 2.27. The van der Waals surface area contributed by atoms with Crippen LogP contribution in [0.5, 0.6) is 0 Å². The second kappa shape index (κ2) is 15.3. The maximum atomic E-state index is 13.6. The number of allylic oxidation sites excluding steroid dienone is 1. The van der Waals surface area contributed by atoms with Gasteiger partial charge in [-0.2, -0.15) is 0 Å². The monoisotopic (exact) mass is 598 g/mol. The van der Waals surface area contributed by atoms with Crippen LogP contribution in [0, 0.1) is 31.8 Å². The molecule has 0 bridgehead atoms. The van der Waals surface area contributed by atoms with Gasteiger partial charge in [0.1, 0.15) is 11.4 Å². The summed E-state index contributed by atoms with van der Waals surface area (Å²) in [7, 11) is 0. The van der Waals surface area contributed by atoms with Crippen molar-refractivity contribution in [1.29, 1.82) is 5.26 Å². The molecule has 234 valence electrons. The van der Waals surface area contributed by atoms with Crippen molar-refractivity contribution in [3.63, 3.8) is 0 Å². The van der Waals surface area contributed by atoms with E-state index in [0.717, 1.165) is 23.2 Å². The quantitative estimate of drug-likeness (QED) is 0.213. The fraction of sp³-hybridized carbons (Fsp3) is 0.486. The molecule has 1 saturated heterocycles. The van der Waals surface area contributed by atoms with Gasteiger partial charge in [0.25, 0.3) is 0 Å². The van der Waals surface area contributed by atoms with E-state index in [1.165, 1.54) is 11.1 Å². The summed E-state index contributed by atoms with van der Waals surface area (Å²) in [4.78, 5) is 37.4. The molecular weight excluding hydrogens is 552 g/mol. The van der Waals surface area contributed by atoms with Gasteiger partial charge in [-0.05, 0) is 71.2 Å². The molecule has 9 nitrogen and oxygen atoms in total. The van der Waals surface area contributed by atoms with E-state index in [1.807, 2.05) is 63.8 Å². The van der Waals surface area contributed by atoms with Gasteiger partial charge in [-0.3, -0.25) is 4.79 Å². The minimum absolute atomic E-state index is 0.0426. The molecule has 3 rings (SSSR count). The molecule has 1 aliphatic rings. The Bertz CT molecular complexity index is 1410. The van der Waals surface area contributed by atoms with Crippen LogP contribution in [-0.4, -0.2) is 65.0 Å². The van der Waals surface area contributed by atoms with Crippen molar-refractivity contribution in [3.8, 4) is 6.07 Å². The molecule has 0 aliphatic carbocycles. The van der Waals surface area contributed by atoms with Crippen LogP contribution in [0.25, 0.3) is 4.85 Å². The number of carbonyl (C=O) groups excluding carboxylic acids is 2. The average Bonchev–Trinajstić information content (AvgIpc) is 3.33. The average molecular weight is 599 g/mol. The molecule has 0 N–H and O–H groups in total. The van der Waals surface area contributed by atoms with Gasteiger partial charge in [0.05, 0.1) is 12.6 Å². The highest BCUT2D eigenvalue weighted by atomic mass is 16.6. The number of carbonyl (C=O) groups is 2. The molecule has 44 heavy (non-hydrogen) atoms. The standard InChI is InChI=1S/C35H46N6O3/c1-9-15-40(34(43)44-35(5,6)7)24-28-12-11-13-30(22-28)41(10-2)32(42)14-16-38-17-18-39(33(38)31(23-36)37-8)25-29-20-26(3)19-27(4)21-29/h11-13,19-22H,9-10,14-18,24-25H2,1-7H3/b33-31+. The van der Waals surface area contributed by atoms with Gasteiger partial charge in [0.15, 0.2) is 0 Å². The van der Waals surface area contributed by atoms with Gasteiger partial charge in [0.2, 0.25) is 5.91 Å². The van der Waals surface area contributed by atoms with Crippen molar-refractivity contribution in [2.24, 2.45) is 0 Å². The number of hydrogen-bond donors (Lipinski definition) is 0. The first-order valence-electron chi connectivity index (χ1n) is 15.3. The summed E-state index contributed by atoms with van der Waals surface area (Å²) in [6.45, 7) is 25.0. The van der Waals surface area contributed by atoms with Crippen LogP contribution >= 0.6 is 0 Å². The molecule has 0 unspecified atom stereocenters. The van der Waals surface area contributed by atoms with Crippen LogP contribution in [0.1, 0.15) is 69.7 Å². The summed E-state index contributed by atoms with van der Waals surface area (Å²) in [6.07, 6.45) is 0.676. The van der Waals surface area contributed by atoms with Crippen molar-refractivity contribution in [1.82, 2.24) is 14.7 Å². The van der Waals surface area contributed by atoms with Gasteiger partial charge in [-0.25, -0.2) is 14.9 Å². The Balaban J connectivity index is 1.73. The summed E-state index contributed by atoms with van der Waals surface area (Å²) in [5.41, 5.74) is 4.61. The Morgan fingerprint density at radius 3 is 2.32 bits per heavy atom. The van der Waals surface area contributed by atoms with Crippen LogP contribution < -0.4 is 4.90 Å². The lowest BCUT2D eigenvalue weighted by atomic mass is 10.1. The molecule has 2 amide bonds. The molecule has 0 saturated carbocycles. The lowest BCUT2D eigenvalue weighted by Gasteiger charge is -2.28. The number of rotatable bonds is 11. The lowest BCUT2D eigenvalue weighted by Crippen LogP contribution is -2.37. The summed E-state index contributed by atoms with van der Waals surface area (Å²) in [6, 6.07) is 16.2. The van der Waals surface area contributed by atoms with Crippen LogP contribution in [0.15, 0.2) is 54.0 Å². The number of aryl methyl sites for hydroxylation is 2. The molecule has 2 aromatic rings. The molecule has 0 radical (unpaired) electrons. The van der Waals surface area contributed by atoms with Crippen molar-refractivity contribution < 1.29 is 14.3 Å². The van der Waals surface area contributed by atoms with E-state index in [2.05, 4.69) is 47.9 Å². The maximum absolute atomic E-state index is 13.6. The van der Waals surface area contributed by atoms with Gasteiger partial charge in [-0.1, -0.05) is 48.4 Å². The van der Waals surface area contributed by atoms with E-state index in [4.69, 9.17) is 11.3 Å². The molecule has 1 aliphatic heterocycles. The zero-order valence-electron chi connectivity index (χ0n) is 27.3. The molecular formula is C35H46N6O3. The first-order valence-corrected chi connectivity index (χ1v) is 15.3. The topological polar surface area (TPSA) is 84.5 Å². The van der Waals surface area contributed by atoms with Crippen molar-refractivity contribution in [2.75, 3.05) is 37.6 Å². The zero-order valence-corrected chi connectivity index (χ0v) is 27.3. The highest BCUT2D eigenvalue weighted by molar-refractivity contribution is 5.93. The molecule has 0 spiro atoms. The number of amides is 2. The number of ether oxygens (including phenoxy) is 1. The molecule has 0 atom stereocenters. The fourth-order valence-corrected chi connectivity index (χ4v) is 5.57. The van der Waals surface area contributed by atoms with E-state index in [9.17, 15) is 14.9 Å². The third kappa shape index (κ3) is 9.25. The van der Waals surface area contributed by atoms with Crippen LogP contribution in [0.2, 0.25) is 0 Å². The van der Waals surface area contributed by atoms with E-state index in [0.29, 0.717) is 51.6 Å². The van der Waals surface area contributed by atoms with E-state index < -0.39 is 5.60 Å². The highest BCUT2D eigenvalue weighted by Gasteiger charge is 2.29. The largest absolute Gasteiger partial charge is 0.444 e. The minimum atomic E-state index is -0.583. The third-order valence-corrected chi connectivity index (χ3v) is 7.28. The fourth-order valence-electron chi connectivity index (χ4n) is 5.57. The zero-order chi connectivity index (χ0) is 32.4. The number of nitrogens with zero attached hydrogens (tertiary/aromatic N) is 6. The molecule has 2 aromatic carbocycles. The van der Waals surface area contributed by atoms with Gasteiger partial charge < -0.3 is 24.3 Å². The summed E-state index contributed by atoms with van der Waals surface area (Å²) in [5.74, 6) is 0.549. The normalized spacial score (nSPS) is 14.1. The predicted molar refractivity (Wildman–Crippen MR) is 173 cm³/mol.